The zero-order valence-electron chi connectivity index (χ0n) is 8.62. The molecule has 0 saturated carbocycles. The first-order valence-corrected chi connectivity index (χ1v) is 4.79. The fourth-order valence-corrected chi connectivity index (χ4v) is 1.19. The fourth-order valence-electron chi connectivity index (χ4n) is 1.19. The van der Waals surface area contributed by atoms with Crippen molar-refractivity contribution in [2.75, 3.05) is 13.1 Å². The highest BCUT2D eigenvalue weighted by molar-refractivity contribution is 5.79. The van der Waals surface area contributed by atoms with Crippen molar-refractivity contribution in [1.29, 1.82) is 5.41 Å². The topological polar surface area (TPSA) is 27.1 Å². The van der Waals surface area contributed by atoms with Gasteiger partial charge < -0.3 is 4.90 Å². The number of amidine groups is 1. The van der Waals surface area contributed by atoms with Crippen molar-refractivity contribution in [1.82, 2.24) is 4.90 Å². The van der Waals surface area contributed by atoms with Crippen LogP contribution in [0.2, 0.25) is 0 Å². The fraction of sp³-hybridized carbons (Fsp3) is 0.889. The molecule has 5 heteroatoms. The van der Waals surface area contributed by atoms with Gasteiger partial charge in [-0.05, 0) is 12.8 Å². The average Bonchev–Trinajstić information content (AvgIpc) is 2.01. The maximum absolute atomic E-state index is 12.1. The number of hydrogen-bond acceptors (Lipinski definition) is 1. The van der Waals surface area contributed by atoms with Gasteiger partial charge in [-0.1, -0.05) is 13.8 Å². The minimum absolute atomic E-state index is 0.0895. The molecule has 0 bridgehead atoms. The Morgan fingerprint density at radius 1 is 1.21 bits per heavy atom. The van der Waals surface area contributed by atoms with E-state index in [-0.39, 0.29) is 5.84 Å². The van der Waals surface area contributed by atoms with Crippen LogP contribution < -0.4 is 0 Å². The number of hydrogen-bond donors (Lipinski definition) is 1. The van der Waals surface area contributed by atoms with E-state index < -0.39 is 12.7 Å². The Balaban J connectivity index is 4.21. The highest BCUT2D eigenvalue weighted by Gasteiger charge is 2.31. The third kappa shape index (κ3) is 5.83. The van der Waals surface area contributed by atoms with E-state index in [0.29, 0.717) is 25.8 Å². The zero-order chi connectivity index (χ0) is 11.2. The minimum atomic E-state index is -4.21. The molecule has 0 unspecified atom stereocenters. The molecule has 2 nitrogen and oxygen atoms in total. The lowest BCUT2D eigenvalue weighted by molar-refractivity contribution is -0.138. The van der Waals surface area contributed by atoms with Gasteiger partial charge in [0, 0.05) is 13.0 Å². The first kappa shape index (κ1) is 13.3. The minimum Gasteiger partial charge on any atom is -0.351 e. The Kier molecular flexibility index (Phi) is 5.57. The summed E-state index contributed by atoms with van der Waals surface area (Å²) in [5, 5.41) is 7.46. The van der Waals surface area contributed by atoms with Crippen molar-refractivity contribution in [3.05, 3.63) is 0 Å². The monoisotopic (exact) mass is 210 g/mol. The summed E-state index contributed by atoms with van der Waals surface area (Å²) in [4.78, 5) is 1.10. The van der Waals surface area contributed by atoms with Crippen LogP contribution in [0.3, 0.4) is 0 Å². The molecule has 0 fully saturated rings. The number of rotatable bonds is 5. The van der Waals surface area contributed by atoms with Crippen molar-refractivity contribution in [2.24, 2.45) is 0 Å². The van der Waals surface area contributed by atoms with Gasteiger partial charge in [-0.15, -0.1) is 0 Å². The Hall–Kier alpha value is -0.740. The summed E-state index contributed by atoms with van der Waals surface area (Å²) in [7, 11) is 0. The van der Waals surface area contributed by atoms with Crippen LogP contribution in [0.15, 0.2) is 0 Å². The summed E-state index contributed by atoms with van der Waals surface area (Å²) >= 11 is 0. The lowest BCUT2D eigenvalue weighted by Gasteiger charge is -2.25. The molecule has 0 aromatic carbocycles. The summed E-state index contributed by atoms with van der Waals surface area (Å²) in [5.74, 6) is 0.0895. The SMILES string of the molecule is CCCC(=N)N(CCC)CC(F)(F)F. The predicted molar refractivity (Wildman–Crippen MR) is 50.6 cm³/mol. The molecule has 0 aliphatic heterocycles. The summed E-state index contributed by atoms with van der Waals surface area (Å²) in [6, 6.07) is 0. The smallest absolute Gasteiger partial charge is 0.351 e. The van der Waals surface area contributed by atoms with Crippen LogP contribution in [0, 0.1) is 5.41 Å². The maximum atomic E-state index is 12.1. The second kappa shape index (κ2) is 5.88. The molecular weight excluding hydrogens is 193 g/mol. The molecule has 0 rings (SSSR count). The van der Waals surface area contributed by atoms with Crippen LogP contribution in [0.25, 0.3) is 0 Å². The standard InChI is InChI=1S/C9H17F3N2/c1-3-5-8(13)14(6-4-2)7-9(10,11)12/h13H,3-7H2,1-2H3. The predicted octanol–water partition coefficient (Wildman–Crippen LogP) is 3.04. The number of nitrogens with zero attached hydrogens (tertiary/aromatic N) is 1. The Bertz CT molecular complexity index is 177. The summed E-state index contributed by atoms with van der Waals surface area (Å²) in [6.45, 7) is 2.97. The molecule has 14 heavy (non-hydrogen) atoms. The number of alkyl halides is 3. The molecule has 0 aliphatic carbocycles. The lowest BCUT2D eigenvalue weighted by Crippen LogP contribution is -2.38. The van der Waals surface area contributed by atoms with E-state index in [1.165, 1.54) is 0 Å². The van der Waals surface area contributed by atoms with Crippen LogP contribution in [-0.2, 0) is 0 Å². The van der Waals surface area contributed by atoms with E-state index in [4.69, 9.17) is 5.41 Å². The van der Waals surface area contributed by atoms with Crippen molar-refractivity contribution < 1.29 is 13.2 Å². The van der Waals surface area contributed by atoms with Crippen molar-refractivity contribution in [3.63, 3.8) is 0 Å². The van der Waals surface area contributed by atoms with Gasteiger partial charge >= 0.3 is 6.18 Å². The van der Waals surface area contributed by atoms with E-state index in [9.17, 15) is 13.2 Å². The molecule has 0 aromatic rings. The average molecular weight is 210 g/mol. The summed E-state index contributed by atoms with van der Waals surface area (Å²) in [6.07, 6.45) is -2.47. The second-order valence-electron chi connectivity index (χ2n) is 3.23. The van der Waals surface area contributed by atoms with Crippen molar-refractivity contribution >= 4 is 5.84 Å². The lowest BCUT2D eigenvalue weighted by atomic mass is 10.2. The highest BCUT2D eigenvalue weighted by Crippen LogP contribution is 2.17. The quantitative estimate of drug-likeness (QED) is 0.548. The van der Waals surface area contributed by atoms with Gasteiger partial charge in [0.25, 0.3) is 0 Å². The van der Waals surface area contributed by atoms with E-state index in [0.717, 1.165) is 4.90 Å². The molecule has 84 valence electrons. The zero-order valence-corrected chi connectivity index (χ0v) is 8.62. The van der Waals surface area contributed by atoms with Crippen LogP contribution in [-0.4, -0.2) is 30.0 Å². The molecule has 0 saturated heterocycles. The molecule has 1 N–H and O–H groups in total. The van der Waals surface area contributed by atoms with Gasteiger partial charge in [-0.3, -0.25) is 5.41 Å². The van der Waals surface area contributed by atoms with Gasteiger partial charge in [-0.2, -0.15) is 13.2 Å². The van der Waals surface area contributed by atoms with E-state index in [1.54, 1.807) is 0 Å². The van der Waals surface area contributed by atoms with Gasteiger partial charge in [0.05, 0.1) is 5.84 Å². The normalized spacial score (nSPS) is 11.5. The molecule has 0 spiro atoms. The largest absolute Gasteiger partial charge is 0.405 e. The molecule has 0 radical (unpaired) electrons. The first-order valence-electron chi connectivity index (χ1n) is 4.79. The Labute approximate surface area is 82.6 Å². The van der Waals surface area contributed by atoms with E-state index >= 15 is 0 Å². The van der Waals surface area contributed by atoms with E-state index in [1.807, 2.05) is 13.8 Å². The van der Waals surface area contributed by atoms with Gasteiger partial charge in [0.2, 0.25) is 0 Å². The Morgan fingerprint density at radius 2 is 1.79 bits per heavy atom. The van der Waals surface area contributed by atoms with Crippen molar-refractivity contribution in [2.45, 2.75) is 39.3 Å². The summed E-state index contributed by atoms with van der Waals surface area (Å²) in [5.41, 5.74) is 0. The second-order valence-corrected chi connectivity index (χ2v) is 3.23. The van der Waals surface area contributed by atoms with Crippen LogP contribution in [0.5, 0.6) is 0 Å². The van der Waals surface area contributed by atoms with Gasteiger partial charge in [-0.25, -0.2) is 0 Å². The molecule has 0 aliphatic rings. The van der Waals surface area contributed by atoms with E-state index in [2.05, 4.69) is 0 Å². The maximum Gasteiger partial charge on any atom is 0.405 e. The van der Waals surface area contributed by atoms with Crippen LogP contribution in [0.1, 0.15) is 33.1 Å². The molecular formula is C9H17F3N2. The number of nitrogens with one attached hydrogen (secondary N) is 1. The van der Waals surface area contributed by atoms with Gasteiger partial charge in [0.1, 0.15) is 6.54 Å². The molecule has 0 amide bonds. The summed E-state index contributed by atoms with van der Waals surface area (Å²) < 4.78 is 36.3. The molecule has 0 heterocycles. The Morgan fingerprint density at radius 3 is 2.14 bits per heavy atom. The highest BCUT2D eigenvalue weighted by atomic mass is 19.4. The first-order chi connectivity index (χ1) is 6.40. The number of halogens is 3. The van der Waals surface area contributed by atoms with Crippen molar-refractivity contribution in [3.8, 4) is 0 Å². The third-order valence-corrected chi connectivity index (χ3v) is 1.73. The van der Waals surface area contributed by atoms with Gasteiger partial charge in [0.15, 0.2) is 0 Å². The third-order valence-electron chi connectivity index (χ3n) is 1.73. The molecule has 0 aromatic heterocycles. The molecule has 0 atom stereocenters. The van der Waals surface area contributed by atoms with Crippen LogP contribution in [0.4, 0.5) is 13.2 Å². The van der Waals surface area contributed by atoms with Crippen LogP contribution >= 0.6 is 0 Å².